The van der Waals surface area contributed by atoms with Crippen LogP contribution in [-0.2, 0) is 17.8 Å². The number of benzene rings is 2. The minimum atomic E-state index is -0.0125. The minimum absolute atomic E-state index is 0.0125. The molecule has 0 saturated carbocycles. The Kier molecular flexibility index (Phi) is 5.70. The Bertz CT molecular complexity index is 644. The van der Waals surface area contributed by atoms with Gasteiger partial charge < -0.3 is 10.2 Å². The number of likely N-dealkylation sites (N-methyl/N-ethyl adjacent to an activating group) is 1. The van der Waals surface area contributed by atoms with E-state index in [1.165, 1.54) is 5.56 Å². The van der Waals surface area contributed by atoms with Gasteiger partial charge in [-0.1, -0.05) is 42.5 Å². The highest BCUT2D eigenvalue weighted by Gasteiger charge is 2.10. The van der Waals surface area contributed by atoms with Gasteiger partial charge in [-0.05, 0) is 17.7 Å². The molecule has 2 rings (SSSR count). The first kappa shape index (κ1) is 15.7. The first-order valence-corrected chi connectivity index (χ1v) is 7.28. The molecule has 0 fully saturated rings. The Morgan fingerprint density at radius 2 is 1.77 bits per heavy atom. The van der Waals surface area contributed by atoms with E-state index in [9.17, 15) is 4.79 Å². The Hall–Kier alpha value is -2.64. The van der Waals surface area contributed by atoms with Crippen molar-refractivity contribution in [1.29, 1.82) is 5.26 Å². The molecule has 2 aromatic carbocycles. The molecule has 1 atom stereocenters. The standard InChI is InChI=1S/C18H19N3O/c1-21(13-16-5-3-2-4-6-16)14-18(22)20-17-9-7-15(8-10-17)11-12-19/h2-10H,11,13-14H2,1H3,(H,20,22)/p+1. The van der Waals surface area contributed by atoms with Crippen molar-refractivity contribution in [3.63, 3.8) is 0 Å². The van der Waals surface area contributed by atoms with Gasteiger partial charge in [0.2, 0.25) is 0 Å². The smallest absolute Gasteiger partial charge is 0.279 e. The second-order valence-electron chi connectivity index (χ2n) is 5.38. The van der Waals surface area contributed by atoms with Crippen molar-refractivity contribution in [3.05, 3.63) is 65.7 Å². The van der Waals surface area contributed by atoms with Gasteiger partial charge in [-0.15, -0.1) is 0 Å². The van der Waals surface area contributed by atoms with E-state index in [0.717, 1.165) is 22.7 Å². The van der Waals surface area contributed by atoms with Crippen LogP contribution < -0.4 is 10.2 Å². The molecular weight excluding hydrogens is 274 g/mol. The van der Waals surface area contributed by atoms with Crippen LogP contribution in [0.15, 0.2) is 54.6 Å². The average molecular weight is 294 g/mol. The van der Waals surface area contributed by atoms with Gasteiger partial charge in [0.1, 0.15) is 6.54 Å². The van der Waals surface area contributed by atoms with Gasteiger partial charge in [-0.2, -0.15) is 5.26 Å². The highest BCUT2D eigenvalue weighted by atomic mass is 16.2. The summed E-state index contributed by atoms with van der Waals surface area (Å²) in [4.78, 5) is 13.2. The number of carbonyl (C=O) groups is 1. The van der Waals surface area contributed by atoms with Crippen molar-refractivity contribution in [3.8, 4) is 6.07 Å². The number of carbonyl (C=O) groups excluding carboxylic acids is 1. The van der Waals surface area contributed by atoms with Crippen molar-refractivity contribution in [1.82, 2.24) is 0 Å². The average Bonchev–Trinajstić information content (AvgIpc) is 2.50. The first-order valence-electron chi connectivity index (χ1n) is 7.28. The van der Waals surface area contributed by atoms with Crippen molar-refractivity contribution < 1.29 is 9.69 Å². The molecule has 22 heavy (non-hydrogen) atoms. The van der Waals surface area contributed by atoms with Gasteiger partial charge in [0.05, 0.1) is 19.5 Å². The SMILES string of the molecule is C[NH+](CC(=O)Nc1ccc(CC#N)cc1)Cc1ccccc1. The number of amides is 1. The van der Waals surface area contributed by atoms with Crippen LogP contribution in [0.3, 0.4) is 0 Å². The van der Waals surface area contributed by atoms with Crippen LogP contribution in [0.25, 0.3) is 0 Å². The van der Waals surface area contributed by atoms with Crippen LogP contribution in [0.1, 0.15) is 11.1 Å². The Labute approximate surface area is 131 Å². The van der Waals surface area contributed by atoms with Gasteiger partial charge in [0, 0.05) is 11.3 Å². The summed E-state index contributed by atoms with van der Waals surface area (Å²) in [5.41, 5.74) is 2.93. The summed E-state index contributed by atoms with van der Waals surface area (Å²) in [6, 6.07) is 19.6. The van der Waals surface area contributed by atoms with Crippen LogP contribution in [0, 0.1) is 11.3 Å². The lowest BCUT2D eigenvalue weighted by Gasteiger charge is -2.14. The fraction of sp³-hybridized carbons (Fsp3) is 0.222. The molecule has 2 aromatic rings. The van der Waals surface area contributed by atoms with Gasteiger partial charge in [-0.3, -0.25) is 4.79 Å². The number of quaternary nitrogens is 1. The quantitative estimate of drug-likeness (QED) is 0.846. The lowest BCUT2D eigenvalue weighted by atomic mass is 10.1. The van der Waals surface area contributed by atoms with Crippen LogP contribution in [0.4, 0.5) is 5.69 Å². The number of nitriles is 1. The maximum Gasteiger partial charge on any atom is 0.279 e. The summed E-state index contributed by atoms with van der Waals surface area (Å²) < 4.78 is 0. The predicted molar refractivity (Wildman–Crippen MR) is 86.3 cm³/mol. The largest absolute Gasteiger partial charge is 0.326 e. The third-order valence-corrected chi connectivity index (χ3v) is 3.33. The highest BCUT2D eigenvalue weighted by Crippen LogP contribution is 2.09. The zero-order valence-electron chi connectivity index (χ0n) is 12.7. The van der Waals surface area contributed by atoms with Crippen molar-refractivity contribution in [2.75, 3.05) is 18.9 Å². The molecule has 1 amide bonds. The molecule has 112 valence electrons. The minimum Gasteiger partial charge on any atom is -0.326 e. The monoisotopic (exact) mass is 294 g/mol. The van der Waals surface area contributed by atoms with E-state index in [1.54, 1.807) is 0 Å². The van der Waals surface area contributed by atoms with Gasteiger partial charge in [0.25, 0.3) is 5.91 Å². The fourth-order valence-electron chi connectivity index (χ4n) is 2.28. The Morgan fingerprint density at radius 3 is 2.41 bits per heavy atom. The number of anilines is 1. The third kappa shape index (κ3) is 5.04. The number of nitrogens with one attached hydrogen (secondary N) is 2. The molecule has 0 aliphatic heterocycles. The molecule has 0 spiro atoms. The number of hydrogen-bond acceptors (Lipinski definition) is 2. The van der Waals surface area contributed by atoms with Gasteiger partial charge in [0.15, 0.2) is 6.54 Å². The molecule has 0 heterocycles. The van der Waals surface area contributed by atoms with Crippen molar-refractivity contribution >= 4 is 11.6 Å². The summed E-state index contributed by atoms with van der Waals surface area (Å²) >= 11 is 0. The van der Waals surface area contributed by atoms with E-state index in [1.807, 2.05) is 49.5 Å². The topological polar surface area (TPSA) is 57.3 Å². The number of rotatable bonds is 6. The van der Waals surface area contributed by atoms with Crippen LogP contribution in [0.2, 0.25) is 0 Å². The zero-order chi connectivity index (χ0) is 15.8. The molecule has 0 aliphatic rings. The summed E-state index contributed by atoms with van der Waals surface area (Å²) in [7, 11) is 2.00. The van der Waals surface area contributed by atoms with E-state index < -0.39 is 0 Å². The maximum atomic E-state index is 12.0. The lowest BCUT2D eigenvalue weighted by molar-refractivity contribution is -0.885. The number of nitrogens with zero attached hydrogens (tertiary/aromatic N) is 1. The highest BCUT2D eigenvalue weighted by molar-refractivity contribution is 5.91. The van der Waals surface area contributed by atoms with E-state index in [0.29, 0.717) is 13.0 Å². The van der Waals surface area contributed by atoms with E-state index in [-0.39, 0.29) is 5.91 Å². The summed E-state index contributed by atoms with van der Waals surface area (Å²) in [6.07, 6.45) is 0.387. The molecule has 0 aliphatic carbocycles. The summed E-state index contributed by atoms with van der Waals surface area (Å²) in [6.45, 7) is 1.23. The van der Waals surface area contributed by atoms with Gasteiger partial charge in [-0.25, -0.2) is 0 Å². The molecule has 1 unspecified atom stereocenters. The predicted octanol–water partition coefficient (Wildman–Crippen LogP) is 1.41. The molecular formula is C18H20N3O+. The molecule has 0 radical (unpaired) electrons. The first-order chi connectivity index (χ1) is 10.7. The van der Waals surface area contributed by atoms with E-state index >= 15 is 0 Å². The van der Waals surface area contributed by atoms with E-state index in [2.05, 4.69) is 23.5 Å². The van der Waals surface area contributed by atoms with Crippen LogP contribution in [-0.4, -0.2) is 19.5 Å². The molecule has 4 nitrogen and oxygen atoms in total. The van der Waals surface area contributed by atoms with Gasteiger partial charge >= 0.3 is 0 Å². The van der Waals surface area contributed by atoms with Crippen molar-refractivity contribution in [2.45, 2.75) is 13.0 Å². The zero-order valence-corrected chi connectivity index (χ0v) is 12.7. The molecule has 4 heteroatoms. The Balaban J connectivity index is 1.83. The molecule has 0 aromatic heterocycles. The normalized spacial score (nSPS) is 11.5. The fourth-order valence-corrected chi connectivity index (χ4v) is 2.28. The van der Waals surface area contributed by atoms with Crippen LogP contribution >= 0.6 is 0 Å². The second-order valence-corrected chi connectivity index (χ2v) is 5.38. The molecule has 0 saturated heterocycles. The summed E-state index contributed by atoms with van der Waals surface area (Å²) in [5.74, 6) is -0.0125. The van der Waals surface area contributed by atoms with Crippen LogP contribution in [0.5, 0.6) is 0 Å². The van der Waals surface area contributed by atoms with Crippen molar-refractivity contribution in [2.24, 2.45) is 0 Å². The third-order valence-electron chi connectivity index (χ3n) is 3.33. The lowest BCUT2D eigenvalue weighted by Crippen LogP contribution is -3.08. The number of hydrogen-bond donors (Lipinski definition) is 2. The second kappa shape index (κ2) is 7.96. The molecule has 0 bridgehead atoms. The summed E-state index contributed by atoms with van der Waals surface area (Å²) in [5, 5.41) is 11.5. The Morgan fingerprint density at radius 1 is 1.09 bits per heavy atom. The van der Waals surface area contributed by atoms with E-state index in [4.69, 9.17) is 5.26 Å². The molecule has 2 N–H and O–H groups in total. The maximum absolute atomic E-state index is 12.0.